The molecule has 0 atom stereocenters. The highest BCUT2D eigenvalue weighted by molar-refractivity contribution is 6.30. The van der Waals surface area contributed by atoms with Gasteiger partial charge in [-0.25, -0.2) is 4.98 Å². The molecule has 1 aromatic carbocycles. The second-order valence-electron chi connectivity index (χ2n) is 4.03. The van der Waals surface area contributed by atoms with Crippen LogP contribution < -0.4 is 4.74 Å². The molecule has 0 amide bonds. The van der Waals surface area contributed by atoms with Gasteiger partial charge in [-0.3, -0.25) is 0 Å². The fraction of sp³-hybridized carbons (Fsp3) is 0.308. The monoisotopic (exact) mass is 266 g/mol. The van der Waals surface area contributed by atoms with Gasteiger partial charge in [-0.1, -0.05) is 11.6 Å². The normalized spacial score (nSPS) is 10.7. The number of aliphatic hydroxyl groups is 1. The maximum absolute atomic E-state index is 9.25. The molecule has 1 N–H and O–H groups in total. The average Bonchev–Trinajstić information content (AvgIpc) is 2.66. The molecular formula is C13H15ClN2O2. The third-order valence-electron chi connectivity index (χ3n) is 3.03. The summed E-state index contributed by atoms with van der Waals surface area (Å²) in [7, 11) is 3.51. The Balaban J connectivity index is 2.64. The quantitative estimate of drug-likeness (QED) is 0.929. The largest absolute Gasteiger partial charge is 0.496 e. The van der Waals surface area contributed by atoms with Gasteiger partial charge in [0, 0.05) is 17.8 Å². The van der Waals surface area contributed by atoms with Crippen LogP contribution in [0.25, 0.3) is 11.4 Å². The third-order valence-corrected chi connectivity index (χ3v) is 3.27. The fourth-order valence-electron chi connectivity index (χ4n) is 1.88. The summed E-state index contributed by atoms with van der Waals surface area (Å²) in [6.07, 6.45) is 0. The second kappa shape index (κ2) is 5.00. The number of rotatable bonds is 3. The molecule has 0 spiro atoms. The average molecular weight is 267 g/mol. The summed E-state index contributed by atoms with van der Waals surface area (Å²) in [5.74, 6) is 1.44. The van der Waals surface area contributed by atoms with Crippen LogP contribution in [-0.2, 0) is 13.7 Å². The van der Waals surface area contributed by atoms with Crippen molar-refractivity contribution in [1.82, 2.24) is 9.55 Å². The molecule has 0 radical (unpaired) electrons. The summed E-state index contributed by atoms with van der Waals surface area (Å²) in [4.78, 5) is 4.42. The summed E-state index contributed by atoms with van der Waals surface area (Å²) < 4.78 is 7.23. The van der Waals surface area contributed by atoms with E-state index in [1.807, 2.05) is 24.6 Å². The van der Waals surface area contributed by atoms with Crippen LogP contribution in [-0.4, -0.2) is 21.8 Å². The summed E-state index contributed by atoms with van der Waals surface area (Å²) in [6.45, 7) is 1.83. The Kier molecular flexibility index (Phi) is 3.59. The number of aromatic nitrogens is 2. The maximum Gasteiger partial charge on any atom is 0.144 e. The van der Waals surface area contributed by atoms with E-state index in [1.165, 1.54) is 0 Å². The molecule has 96 valence electrons. The number of hydrogen-bond donors (Lipinski definition) is 1. The van der Waals surface area contributed by atoms with Crippen molar-refractivity contribution in [2.45, 2.75) is 13.5 Å². The predicted octanol–water partition coefficient (Wildman–Crippen LogP) is 2.55. The summed E-state index contributed by atoms with van der Waals surface area (Å²) in [5, 5.41) is 9.87. The van der Waals surface area contributed by atoms with Gasteiger partial charge in [0.2, 0.25) is 0 Å². The van der Waals surface area contributed by atoms with Crippen molar-refractivity contribution < 1.29 is 9.84 Å². The van der Waals surface area contributed by atoms with Crippen molar-refractivity contribution in [3.05, 3.63) is 34.6 Å². The minimum atomic E-state index is -0.0808. The van der Waals surface area contributed by atoms with Crippen molar-refractivity contribution >= 4 is 11.6 Å². The smallest absolute Gasteiger partial charge is 0.144 e. The molecule has 0 unspecified atom stereocenters. The molecule has 1 aromatic heterocycles. The van der Waals surface area contributed by atoms with E-state index in [0.717, 1.165) is 17.1 Å². The van der Waals surface area contributed by atoms with Crippen LogP contribution in [0.3, 0.4) is 0 Å². The Bertz CT molecular complexity index is 579. The summed E-state index contributed by atoms with van der Waals surface area (Å²) in [5.41, 5.74) is 2.40. The molecule has 0 aliphatic heterocycles. The number of benzene rings is 1. The molecule has 0 saturated carbocycles. The maximum atomic E-state index is 9.25. The third kappa shape index (κ3) is 2.09. The molecule has 0 bridgehead atoms. The van der Waals surface area contributed by atoms with Crippen LogP contribution in [0, 0.1) is 6.92 Å². The lowest BCUT2D eigenvalue weighted by Gasteiger charge is -2.09. The predicted molar refractivity (Wildman–Crippen MR) is 70.9 cm³/mol. The molecule has 4 nitrogen and oxygen atoms in total. The van der Waals surface area contributed by atoms with Crippen molar-refractivity contribution in [2.75, 3.05) is 7.11 Å². The van der Waals surface area contributed by atoms with Gasteiger partial charge in [-0.05, 0) is 25.1 Å². The Morgan fingerprint density at radius 3 is 2.72 bits per heavy atom. The van der Waals surface area contributed by atoms with Crippen LogP contribution in [0.2, 0.25) is 5.02 Å². The van der Waals surface area contributed by atoms with E-state index in [9.17, 15) is 5.11 Å². The number of nitrogens with zero attached hydrogens (tertiary/aromatic N) is 2. The zero-order valence-corrected chi connectivity index (χ0v) is 11.3. The van der Waals surface area contributed by atoms with E-state index in [1.54, 1.807) is 19.2 Å². The SMILES string of the molecule is COc1ccc(Cl)cc1-c1nc(CO)c(C)n1C. The van der Waals surface area contributed by atoms with Gasteiger partial charge in [-0.2, -0.15) is 0 Å². The van der Waals surface area contributed by atoms with Crippen LogP contribution in [0.4, 0.5) is 0 Å². The Labute approximate surface area is 111 Å². The number of methoxy groups -OCH3 is 1. The molecule has 2 aromatic rings. The lowest BCUT2D eigenvalue weighted by molar-refractivity contribution is 0.276. The van der Waals surface area contributed by atoms with Crippen LogP contribution in [0.15, 0.2) is 18.2 Å². The highest BCUT2D eigenvalue weighted by Crippen LogP contribution is 2.32. The topological polar surface area (TPSA) is 47.3 Å². The van der Waals surface area contributed by atoms with Crippen molar-refractivity contribution in [2.24, 2.45) is 7.05 Å². The summed E-state index contributed by atoms with van der Waals surface area (Å²) in [6, 6.07) is 5.39. The van der Waals surface area contributed by atoms with Gasteiger partial charge >= 0.3 is 0 Å². The Morgan fingerprint density at radius 2 is 2.17 bits per heavy atom. The van der Waals surface area contributed by atoms with Crippen molar-refractivity contribution in [3.8, 4) is 17.1 Å². The minimum Gasteiger partial charge on any atom is -0.496 e. The van der Waals surface area contributed by atoms with Gasteiger partial charge in [0.05, 0.1) is 25.0 Å². The number of halogens is 1. The Hall–Kier alpha value is -1.52. The number of ether oxygens (including phenoxy) is 1. The van der Waals surface area contributed by atoms with E-state index in [4.69, 9.17) is 16.3 Å². The van der Waals surface area contributed by atoms with Crippen LogP contribution >= 0.6 is 11.6 Å². The van der Waals surface area contributed by atoms with Crippen molar-refractivity contribution in [3.63, 3.8) is 0 Å². The van der Waals surface area contributed by atoms with Crippen LogP contribution in [0.5, 0.6) is 5.75 Å². The van der Waals surface area contributed by atoms with E-state index in [0.29, 0.717) is 16.5 Å². The lowest BCUT2D eigenvalue weighted by Crippen LogP contribution is -1.97. The first-order valence-electron chi connectivity index (χ1n) is 5.55. The van der Waals surface area contributed by atoms with Crippen molar-refractivity contribution in [1.29, 1.82) is 0 Å². The highest BCUT2D eigenvalue weighted by Gasteiger charge is 2.16. The fourth-order valence-corrected chi connectivity index (χ4v) is 2.05. The summed E-state index contributed by atoms with van der Waals surface area (Å²) >= 11 is 6.01. The molecule has 1 heterocycles. The zero-order chi connectivity index (χ0) is 13.3. The van der Waals surface area contributed by atoms with Gasteiger partial charge in [-0.15, -0.1) is 0 Å². The number of imidazole rings is 1. The number of aliphatic hydroxyl groups excluding tert-OH is 1. The molecule has 0 fully saturated rings. The molecular weight excluding hydrogens is 252 g/mol. The van der Waals surface area contributed by atoms with Gasteiger partial charge in [0.25, 0.3) is 0 Å². The second-order valence-corrected chi connectivity index (χ2v) is 4.47. The van der Waals surface area contributed by atoms with E-state index >= 15 is 0 Å². The van der Waals surface area contributed by atoms with Gasteiger partial charge in [0.15, 0.2) is 0 Å². The molecule has 0 aliphatic carbocycles. The molecule has 2 rings (SSSR count). The molecule has 18 heavy (non-hydrogen) atoms. The minimum absolute atomic E-state index is 0.0808. The molecule has 0 saturated heterocycles. The van der Waals surface area contributed by atoms with E-state index < -0.39 is 0 Å². The first kappa shape index (κ1) is 12.9. The van der Waals surface area contributed by atoms with Gasteiger partial charge < -0.3 is 14.4 Å². The highest BCUT2D eigenvalue weighted by atomic mass is 35.5. The molecule has 0 aliphatic rings. The van der Waals surface area contributed by atoms with Gasteiger partial charge in [0.1, 0.15) is 11.6 Å². The lowest BCUT2D eigenvalue weighted by atomic mass is 10.2. The van der Waals surface area contributed by atoms with E-state index in [-0.39, 0.29) is 6.61 Å². The first-order valence-corrected chi connectivity index (χ1v) is 5.93. The standard InChI is InChI=1S/C13H15ClN2O2/c1-8-11(7-17)15-13(16(8)2)10-6-9(14)4-5-12(10)18-3/h4-6,17H,7H2,1-3H3. The van der Waals surface area contributed by atoms with E-state index in [2.05, 4.69) is 4.98 Å². The Morgan fingerprint density at radius 1 is 1.44 bits per heavy atom. The number of hydrogen-bond acceptors (Lipinski definition) is 3. The zero-order valence-electron chi connectivity index (χ0n) is 10.6. The van der Waals surface area contributed by atoms with Crippen LogP contribution in [0.1, 0.15) is 11.4 Å². The first-order chi connectivity index (χ1) is 8.58. The molecule has 5 heteroatoms.